The van der Waals surface area contributed by atoms with Crippen LogP contribution in [0.4, 0.5) is 11.4 Å². The maximum Gasteiger partial charge on any atom is 0.338 e. The number of amides is 2. The third-order valence-electron chi connectivity index (χ3n) is 5.52. The molecular formula is C22H23N3O4. The molecular weight excluding hydrogens is 370 g/mol. The first-order valence-corrected chi connectivity index (χ1v) is 9.72. The summed E-state index contributed by atoms with van der Waals surface area (Å²) < 4.78 is 4.97. The Morgan fingerprint density at radius 2 is 1.90 bits per heavy atom. The van der Waals surface area contributed by atoms with E-state index in [1.807, 2.05) is 31.2 Å². The van der Waals surface area contributed by atoms with Gasteiger partial charge >= 0.3 is 5.97 Å². The molecule has 0 aliphatic carbocycles. The number of para-hydroxylation sites is 1. The van der Waals surface area contributed by atoms with Gasteiger partial charge in [-0.25, -0.2) is 4.79 Å². The summed E-state index contributed by atoms with van der Waals surface area (Å²) in [5, 5.41) is 9.15. The minimum atomic E-state index is -1.08. The van der Waals surface area contributed by atoms with E-state index in [1.165, 1.54) is 0 Å². The molecule has 1 fully saturated rings. The van der Waals surface area contributed by atoms with E-state index >= 15 is 0 Å². The molecule has 7 nitrogen and oxygen atoms in total. The largest absolute Gasteiger partial charge is 0.462 e. The minimum absolute atomic E-state index is 0.00819. The topological polar surface area (TPSA) is 96.5 Å². The van der Waals surface area contributed by atoms with Gasteiger partial charge in [0.15, 0.2) is 0 Å². The monoisotopic (exact) mass is 393 g/mol. The zero-order chi connectivity index (χ0) is 20.6. The summed E-state index contributed by atoms with van der Waals surface area (Å²) in [6.45, 7) is 4.02. The fourth-order valence-corrected chi connectivity index (χ4v) is 4.28. The summed E-state index contributed by atoms with van der Waals surface area (Å²) in [5.41, 5.74) is 1.43. The molecule has 2 aliphatic rings. The van der Waals surface area contributed by atoms with E-state index in [0.717, 1.165) is 11.3 Å². The number of nitrogens with one attached hydrogen (secondary N) is 3. The first-order valence-electron chi connectivity index (χ1n) is 9.72. The zero-order valence-electron chi connectivity index (χ0n) is 16.3. The van der Waals surface area contributed by atoms with Crippen molar-refractivity contribution < 1.29 is 19.1 Å². The first-order chi connectivity index (χ1) is 14.0. The summed E-state index contributed by atoms with van der Waals surface area (Å²) in [4.78, 5) is 37.9. The van der Waals surface area contributed by atoms with Gasteiger partial charge in [-0.05, 0) is 50.6 Å². The average Bonchev–Trinajstić information content (AvgIpc) is 3.20. The maximum absolute atomic E-state index is 13.2. The van der Waals surface area contributed by atoms with E-state index in [9.17, 15) is 14.4 Å². The summed E-state index contributed by atoms with van der Waals surface area (Å²) in [7, 11) is 0. The number of hydrogen-bond acceptors (Lipinski definition) is 5. The van der Waals surface area contributed by atoms with Crippen molar-refractivity contribution in [2.24, 2.45) is 5.92 Å². The third kappa shape index (κ3) is 3.17. The molecule has 29 heavy (non-hydrogen) atoms. The molecule has 7 heteroatoms. The molecule has 2 aromatic rings. The van der Waals surface area contributed by atoms with Crippen LogP contribution in [0.2, 0.25) is 0 Å². The van der Waals surface area contributed by atoms with Gasteiger partial charge in [0, 0.05) is 23.0 Å². The van der Waals surface area contributed by atoms with Gasteiger partial charge in [0.05, 0.1) is 18.1 Å². The molecule has 150 valence electrons. The van der Waals surface area contributed by atoms with Crippen molar-refractivity contribution in [1.82, 2.24) is 5.32 Å². The summed E-state index contributed by atoms with van der Waals surface area (Å²) in [6, 6.07) is 14.0. The van der Waals surface area contributed by atoms with Crippen LogP contribution in [-0.4, -0.2) is 30.4 Å². The molecule has 0 aromatic heterocycles. The Hall–Kier alpha value is -3.19. The molecule has 0 unspecified atom stereocenters. The molecule has 1 spiro atoms. The fourth-order valence-electron chi connectivity index (χ4n) is 4.28. The molecule has 3 N–H and O–H groups in total. The second kappa shape index (κ2) is 7.33. The smallest absolute Gasteiger partial charge is 0.338 e. The molecule has 3 atom stereocenters. The minimum Gasteiger partial charge on any atom is -0.462 e. The maximum atomic E-state index is 13.2. The molecule has 1 saturated heterocycles. The predicted molar refractivity (Wildman–Crippen MR) is 108 cm³/mol. The number of ether oxygens (including phenoxy) is 1. The summed E-state index contributed by atoms with van der Waals surface area (Å²) in [6.07, 6.45) is 0.536. The number of benzene rings is 2. The third-order valence-corrected chi connectivity index (χ3v) is 5.52. The molecule has 2 amide bonds. The van der Waals surface area contributed by atoms with E-state index in [1.54, 1.807) is 31.2 Å². The average molecular weight is 393 g/mol. The Balaban J connectivity index is 1.58. The Kier molecular flexibility index (Phi) is 4.84. The van der Waals surface area contributed by atoms with Gasteiger partial charge < -0.3 is 15.4 Å². The van der Waals surface area contributed by atoms with Crippen LogP contribution in [0.15, 0.2) is 48.5 Å². The zero-order valence-corrected chi connectivity index (χ0v) is 16.3. The first kappa shape index (κ1) is 19.1. The second-order valence-electron chi connectivity index (χ2n) is 7.43. The van der Waals surface area contributed by atoms with Crippen LogP contribution in [0.5, 0.6) is 0 Å². The van der Waals surface area contributed by atoms with E-state index < -0.39 is 17.4 Å². The lowest BCUT2D eigenvalue weighted by Gasteiger charge is -2.29. The van der Waals surface area contributed by atoms with Crippen LogP contribution in [0.3, 0.4) is 0 Å². The summed E-state index contributed by atoms with van der Waals surface area (Å²) in [5.74, 6) is -1.42. The van der Waals surface area contributed by atoms with Crippen molar-refractivity contribution in [3.63, 3.8) is 0 Å². The second-order valence-corrected chi connectivity index (χ2v) is 7.43. The van der Waals surface area contributed by atoms with Crippen molar-refractivity contribution in [2.45, 2.75) is 31.8 Å². The highest BCUT2D eigenvalue weighted by Crippen LogP contribution is 2.47. The number of carbonyl (C=O) groups is 3. The quantitative estimate of drug-likeness (QED) is 0.694. The van der Waals surface area contributed by atoms with Gasteiger partial charge in [0.25, 0.3) is 0 Å². The van der Waals surface area contributed by atoms with E-state index in [2.05, 4.69) is 16.0 Å². The number of carbonyl (C=O) groups excluding carboxylic acids is 3. The van der Waals surface area contributed by atoms with Crippen molar-refractivity contribution in [1.29, 1.82) is 0 Å². The van der Waals surface area contributed by atoms with Gasteiger partial charge in [-0.1, -0.05) is 18.2 Å². The SMILES string of the molecule is CCOC(=O)c1ccc(NC(=O)[C@H]2C[C@H](C)N[C@]23C(=O)Nc2ccccc23)cc1. The van der Waals surface area contributed by atoms with Crippen LogP contribution < -0.4 is 16.0 Å². The molecule has 0 saturated carbocycles. The van der Waals surface area contributed by atoms with Gasteiger partial charge in [-0.15, -0.1) is 0 Å². The van der Waals surface area contributed by atoms with E-state index in [-0.39, 0.29) is 17.9 Å². The Morgan fingerprint density at radius 1 is 1.17 bits per heavy atom. The highest BCUT2D eigenvalue weighted by molar-refractivity contribution is 6.10. The lowest BCUT2D eigenvalue weighted by molar-refractivity contribution is -0.130. The molecule has 2 aromatic carbocycles. The van der Waals surface area contributed by atoms with Crippen LogP contribution >= 0.6 is 0 Å². The fraction of sp³-hybridized carbons (Fsp3) is 0.318. The predicted octanol–water partition coefficient (Wildman–Crippen LogP) is 2.65. The van der Waals surface area contributed by atoms with Crippen LogP contribution in [0, 0.1) is 5.92 Å². The van der Waals surface area contributed by atoms with E-state index in [4.69, 9.17) is 4.74 Å². The van der Waals surface area contributed by atoms with Crippen molar-refractivity contribution in [3.05, 3.63) is 59.7 Å². The molecule has 2 aliphatic heterocycles. The molecule has 2 heterocycles. The molecule has 4 rings (SSSR count). The lowest BCUT2D eigenvalue weighted by Crippen LogP contribution is -2.52. The highest BCUT2D eigenvalue weighted by Gasteiger charge is 2.59. The Morgan fingerprint density at radius 3 is 2.62 bits per heavy atom. The number of hydrogen-bond donors (Lipinski definition) is 3. The molecule has 0 radical (unpaired) electrons. The van der Waals surface area contributed by atoms with Crippen molar-refractivity contribution >= 4 is 29.2 Å². The van der Waals surface area contributed by atoms with Crippen LogP contribution in [-0.2, 0) is 19.9 Å². The van der Waals surface area contributed by atoms with Gasteiger partial charge in [-0.2, -0.15) is 0 Å². The van der Waals surface area contributed by atoms with Crippen molar-refractivity contribution in [3.8, 4) is 0 Å². The number of anilines is 2. The number of fused-ring (bicyclic) bond motifs is 2. The Bertz CT molecular complexity index is 972. The van der Waals surface area contributed by atoms with Crippen LogP contribution in [0.1, 0.15) is 36.2 Å². The lowest BCUT2D eigenvalue weighted by atomic mass is 9.79. The van der Waals surface area contributed by atoms with Crippen LogP contribution in [0.25, 0.3) is 0 Å². The molecule has 0 bridgehead atoms. The number of rotatable bonds is 4. The van der Waals surface area contributed by atoms with Gasteiger partial charge in [0.1, 0.15) is 5.54 Å². The highest BCUT2D eigenvalue weighted by atomic mass is 16.5. The number of esters is 1. The normalized spacial score (nSPS) is 24.8. The Labute approximate surface area is 168 Å². The van der Waals surface area contributed by atoms with Crippen molar-refractivity contribution in [2.75, 3.05) is 17.2 Å². The van der Waals surface area contributed by atoms with Gasteiger partial charge in [-0.3, -0.25) is 14.9 Å². The van der Waals surface area contributed by atoms with Gasteiger partial charge in [0.2, 0.25) is 11.8 Å². The summed E-state index contributed by atoms with van der Waals surface area (Å²) >= 11 is 0. The van der Waals surface area contributed by atoms with E-state index in [0.29, 0.717) is 24.3 Å². The standard InChI is InChI=1S/C22H23N3O4/c1-3-29-20(27)14-8-10-15(11-9-14)23-19(26)17-12-13(2)25-22(17)16-6-4-5-7-18(16)24-21(22)28/h4-11,13,17,25H,3,12H2,1-2H3,(H,23,26)(H,24,28)/t13-,17+,22-/m0/s1.